The topological polar surface area (TPSA) is 84.7 Å². The van der Waals surface area contributed by atoms with Gasteiger partial charge in [-0.2, -0.15) is 0 Å². The Labute approximate surface area is 142 Å². The largest absolute Gasteiger partial charge is 0.381 e. The number of nitrogens with zero attached hydrogens (tertiary/aromatic N) is 1. The second-order valence-corrected chi connectivity index (χ2v) is 6.67. The SMILES string of the molecule is NCC1(C(=O)Nc2ccc(CN3CCCC3=O)cc2)CCOCC1. The predicted molar refractivity (Wildman–Crippen MR) is 91.3 cm³/mol. The van der Waals surface area contributed by atoms with E-state index in [2.05, 4.69) is 5.32 Å². The standard InChI is InChI=1S/C18H25N3O3/c19-13-18(7-10-24-11-8-18)17(23)20-15-5-3-14(4-6-15)12-21-9-1-2-16(21)22/h3-6H,1-2,7-13,19H2,(H,20,23). The Kier molecular flexibility index (Phi) is 5.16. The Morgan fingerprint density at radius 1 is 1.25 bits per heavy atom. The molecule has 2 aliphatic heterocycles. The van der Waals surface area contributed by atoms with Crippen molar-refractivity contribution >= 4 is 17.5 Å². The van der Waals surface area contributed by atoms with Gasteiger partial charge >= 0.3 is 0 Å². The van der Waals surface area contributed by atoms with Gasteiger partial charge in [-0.1, -0.05) is 12.1 Å². The molecule has 2 fully saturated rings. The molecule has 1 aromatic carbocycles. The molecule has 0 atom stereocenters. The van der Waals surface area contributed by atoms with Crippen molar-refractivity contribution in [2.24, 2.45) is 11.1 Å². The van der Waals surface area contributed by atoms with E-state index < -0.39 is 5.41 Å². The number of nitrogens with two attached hydrogens (primary N) is 1. The van der Waals surface area contributed by atoms with E-state index in [0.29, 0.717) is 45.6 Å². The third kappa shape index (κ3) is 3.60. The zero-order valence-corrected chi connectivity index (χ0v) is 13.9. The third-order valence-electron chi connectivity index (χ3n) is 5.08. The van der Waals surface area contributed by atoms with Gasteiger partial charge in [0.15, 0.2) is 0 Å². The van der Waals surface area contributed by atoms with Gasteiger partial charge in [-0.05, 0) is 37.0 Å². The number of hydrogen-bond donors (Lipinski definition) is 2. The Bertz CT molecular complexity index is 594. The van der Waals surface area contributed by atoms with Crippen molar-refractivity contribution in [2.45, 2.75) is 32.2 Å². The minimum absolute atomic E-state index is 0.0317. The maximum Gasteiger partial charge on any atom is 0.232 e. The van der Waals surface area contributed by atoms with Crippen LogP contribution < -0.4 is 11.1 Å². The average molecular weight is 331 g/mol. The normalized spacial score (nSPS) is 20.2. The Morgan fingerprint density at radius 2 is 1.96 bits per heavy atom. The van der Waals surface area contributed by atoms with Crippen LogP contribution in [0.1, 0.15) is 31.2 Å². The molecule has 0 aromatic heterocycles. The van der Waals surface area contributed by atoms with Crippen LogP contribution in [0.25, 0.3) is 0 Å². The van der Waals surface area contributed by atoms with Crippen molar-refractivity contribution in [2.75, 3.05) is 31.6 Å². The maximum atomic E-state index is 12.6. The highest BCUT2D eigenvalue weighted by Crippen LogP contribution is 2.31. The number of ether oxygens (including phenoxy) is 1. The van der Waals surface area contributed by atoms with Gasteiger partial charge in [0.25, 0.3) is 0 Å². The molecule has 0 radical (unpaired) electrons. The minimum Gasteiger partial charge on any atom is -0.381 e. The number of hydrogen-bond acceptors (Lipinski definition) is 4. The molecular weight excluding hydrogens is 306 g/mol. The molecule has 6 nitrogen and oxygen atoms in total. The molecule has 0 unspecified atom stereocenters. The number of carbonyl (C=O) groups excluding carboxylic acids is 2. The molecule has 0 spiro atoms. The van der Waals surface area contributed by atoms with Crippen molar-refractivity contribution in [3.63, 3.8) is 0 Å². The Morgan fingerprint density at radius 3 is 2.54 bits per heavy atom. The van der Waals surface area contributed by atoms with Gasteiger partial charge in [-0.25, -0.2) is 0 Å². The number of likely N-dealkylation sites (tertiary alicyclic amines) is 1. The number of nitrogens with one attached hydrogen (secondary N) is 1. The fourth-order valence-corrected chi connectivity index (χ4v) is 3.33. The lowest BCUT2D eigenvalue weighted by atomic mass is 9.79. The first-order valence-corrected chi connectivity index (χ1v) is 8.59. The monoisotopic (exact) mass is 331 g/mol. The van der Waals surface area contributed by atoms with E-state index in [0.717, 1.165) is 24.2 Å². The summed E-state index contributed by atoms with van der Waals surface area (Å²) in [5.74, 6) is 0.188. The van der Waals surface area contributed by atoms with Crippen molar-refractivity contribution in [3.05, 3.63) is 29.8 Å². The number of carbonyl (C=O) groups is 2. The van der Waals surface area contributed by atoms with E-state index in [9.17, 15) is 9.59 Å². The van der Waals surface area contributed by atoms with E-state index in [1.807, 2.05) is 29.2 Å². The van der Waals surface area contributed by atoms with Gasteiger partial charge in [0.2, 0.25) is 11.8 Å². The molecule has 6 heteroatoms. The van der Waals surface area contributed by atoms with Crippen LogP contribution in [0.4, 0.5) is 5.69 Å². The molecule has 2 amide bonds. The molecule has 1 aromatic rings. The summed E-state index contributed by atoms with van der Waals surface area (Å²) in [5.41, 5.74) is 7.17. The van der Waals surface area contributed by atoms with Crippen molar-refractivity contribution < 1.29 is 14.3 Å². The zero-order valence-electron chi connectivity index (χ0n) is 13.9. The Hall–Kier alpha value is -1.92. The number of rotatable bonds is 5. The molecule has 3 rings (SSSR count). The number of anilines is 1. The van der Waals surface area contributed by atoms with Crippen LogP contribution in [0.2, 0.25) is 0 Å². The molecule has 2 heterocycles. The maximum absolute atomic E-state index is 12.6. The van der Waals surface area contributed by atoms with Crippen molar-refractivity contribution in [3.8, 4) is 0 Å². The summed E-state index contributed by atoms with van der Waals surface area (Å²) < 4.78 is 5.35. The van der Waals surface area contributed by atoms with E-state index in [1.165, 1.54) is 0 Å². The van der Waals surface area contributed by atoms with Gasteiger partial charge < -0.3 is 20.7 Å². The van der Waals surface area contributed by atoms with E-state index in [4.69, 9.17) is 10.5 Å². The van der Waals surface area contributed by atoms with Crippen molar-refractivity contribution in [1.29, 1.82) is 0 Å². The highest BCUT2D eigenvalue weighted by atomic mass is 16.5. The fourth-order valence-electron chi connectivity index (χ4n) is 3.33. The van der Waals surface area contributed by atoms with Gasteiger partial charge in [-0.15, -0.1) is 0 Å². The second-order valence-electron chi connectivity index (χ2n) is 6.67. The summed E-state index contributed by atoms with van der Waals surface area (Å²) >= 11 is 0. The molecule has 130 valence electrons. The molecule has 3 N–H and O–H groups in total. The first kappa shape index (κ1) is 16.9. The molecule has 2 aliphatic rings. The summed E-state index contributed by atoms with van der Waals surface area (Å²) in [5, 5.41) is 2.98. The molecule has 0 bridgehead atoms. The van der Waals surface area contributed by atoms with Crippen LogP contribution in [-0.2, 0) is 20.9 Å². The zero-order chi connectivity index (χ0) is 17.0. The van der Waals surface area contributed by atoms with E-state index in [-0.39, 0.29) is 11.8 Å². The van der Waals surface area contributed by atoms with Gasteiger partial charge in [0.1, 0.15) is 0 Å². The minimum atomic E-state index is -0.529. The van der Waals surface area contributed by atoms with Crippen molar-refractivity contribution in [1.82, 2.24) is 4.90 Å². The quantitative estimate of drug-likeness (QED) is 0.856. The first-order chi connectivity index (χ1) is 11.6. The summed E-state index contributed by atoms with van der Waals surface area (Å²) in [6.07, 6.45) is 2.91. The Balaban J connectivity index is 1.61. The smallest absolute Gasteiger partial charge is 0.232 e. The van der Waals surface area contributed by atoms with E-state index >= 15 is 0 Å². The lowest BCUT2D eigenvalue weighted by Gasteiger charge is -2.34. The summed E-state index contributed by atoms with van der Waals surface area (Å²) in [6, 6.07) is 7.69. The lowest BCUT2D eigenvalue weighted by molar-refractivity contribution is -0.130. The molecule has 2 saturated heterocycles. The highest BCUT2D eigenvalue weighted by molar-refractivity contribution is 5.95. The molecule has 0 saturated carbocycles. The average Bonchev–Trinajstić information content (AvgIpc) is 3.02. The third-order valence-corrected chi connectivity index (χ3v) is 5.08. The summed E-state index contributed by atoms with van der Waals surface area (Å²) in [7, 11) is 0. The van der Waals surface area contributed by atoms with Crippen LogP contribution in [0.15, 0.2) is 24.3 Å². The highest BCUT2D eigenvalue weighted by Gasteiger charge is 2.38. The molecular formula is C18H25N3O3. The van der Waals surface area contributed by atoms with Gasteiger partial charge in [-0.3, -0.25) is 9.59 Å². The lowest BCUT2D eigenvalue weighted by Crippen LogP contribution is -2.46. The van der Waals surface area contributed by atoms with Crippen LogP contribution in [0, 0.1) is 5.41 Å². The number of benzene rings is 1. The molecule has 24 heavy (non-hydrogen) atoms. The summed E-state index contributed by atoms with van der Waals surface area (Å²) in [4.78, 5) is 26.2. The molecule has 0 aliphatic carbocycles. The van der Waals surface area contributed by atoms with Crippen LogP contribution in [0.3, 0.4) is 0 Å². The van der Waals surface area contributed by atoms with Gasteiger partial charge in [0.05, 0.1) is 5.41 Å². The summed E-state index contributed by atoms with van der Waals surface area (Å²) in [6.45, 7) is 2.95. The second kappa shape index (κ2) is 7.32. The first-order valence-electron chi connectivity index (χ1n) is 8.59. The van der Waals surface area contributed by atoms with Crippen LogP contribution >= 0.6 is 0 Å². The van der Waals surface area contributed by atoms with Crippen LogP contribution in [-0.4, -0.2) is 43.0 Å². The van der Waals surface area contributed by atoms with E-state index in [1.54, 1.807) is 0 Å². The van der Waals surface area contributed by atoms with Crippen LogP contribution in [0.5, 0.6) is 0 Å². The predicted octanol–water partition coefficient (Wildman–Crippen LogP) is 1.50. The van der Waals surface area contributed by atoms with Gasteiger partial charge in [0, 0.05) is 45.0 Å². The fraction of sp³-hybridized carbons (Fsp3) is 0.556. The number of amides is 2.